The minimum atomic E-state index is -0.401. The van der Waals surface area contributed by atoms with Gasteiger partial charge in [-0.3, -0.25) is 15.0 Å². The summed E-state index contributed by atoms with van der Waals surface area (Å²) in [7, 11) is 0. The van der Waals surface area contributed by atoms with Crippen LogP contribution in [0.4, 0.5) is 0 Å². The van der Waals surface area contributed by atoms with Crippen LogP contribution < -0.4 is 9.47 Å². The zero-order valence-corrected chi connectivity index (χ0v) is 22.0. The fourth-order valence-corrected chi connectivity index (χ4v) is 3.97. The van der Waals surface area contributed by atoms with Gasteiger partial charge in [0, 0.05) is 35.7 Å². The molecule has 0 spiro atoms. The number of halogens is 1. The third-order valence-electron chi connectivity index (χ3n) is 5.56. The number of benzene rings is 1. The fraction of sp³-hybridized carbons (Fsp3) is 0.440. The largest absolute Gasteiger partial charge is 0.492 e. The van der Waals surface area contributed by atoms with Crippen LogP contribution in [0.1, 0.15) is 73.1 Å². The SMILES string of the molecule is Br.CCOc1c(C)nc2c(c1C)CN(CC(=O)c1ccc(OC(C)=O)c(C(C)(C)C)c1)C2=N. The molecule has 1 N–H and O–H groups in total. The molecule has 8 heteroatoms. The Labute approximate surface area is 205 Å². The first-order chi connectivity index (χ1) is 14.9. The highest BCUT2D eigenvalue weighted by molar-refractivity contribution is 8.93. The lowest BCUT2D eigenvalue weighted by atomic mass is 9.85. The molecule has 7 nitrogen and oxygen atoms in total. The molecule has 0 radical (unpaired) electrons. The molecule has 2 heterocycles. The van der Waals surface area contributed by atoms with E-state index in [4.69, 9.17) is 14.9 Å². The lowest BCUT2D eigenvalue weighted by molar-refractivity contribution is -0.131. The Morgan fingerprint density at radius 3 is 2.45 bits per heavy atom. The molecule has 1 aliphatic rings. The Balaban J connectivity index is 0.00000385. The Hall–Kier alpha value is -2.74. The number of esters is 1. The molecule has 0 saturated carbocycles. The molecule has 1 aromatic carbocycles. The predicted molar refractivity (Wildman–Crippen MR) is 133 cm³/mol. The van der Waals surface area contributed by atoms with Crippen molar-refractivity contribution in [1.29, 1.82) is 5.41 Å². The molecule has 2 aromatic rings. The van der Waals surface area contributed by atoms with Gasteiger partial charge in [-0.15, -0.1) is 17.0 Å². The first-order valence-electron chi connectivity index (χ1n) is 10.8. The molecule has 1 aliphatic heterocycles. The zero-order chi connectivity index (χ0) is 23.8. The average Bonchev–Trinajstić information content (AvgIpc) is 3.00. The molecule has 0 bridgehead atoms. The van der Waals surface area contributed by atoms with Crippen LogP contribution in [0, 0.1) is 19.3 Å². The summed E-state index contributed by atoms with van der Waals surface area (Å²) in [5, 5.41) is 8.57. The van der Waals surface area contributed by atoms with Gasteiger partial charge in [-0.05, 0) is 44.4 Å². The first-order valence-corrected chi connectivity index (χ1v) is 10.8. The van der Waals surface area contributed by atoms with Crippen LogP contribution in [0.2, 0.25) is 0 Å². The number of hydrogen-bond donors (Lipinski definition) is 1. The highest BCUT2D eigenvalue weighted by atomic mass is 79.9. The number of pyridine rings is 1. The van der Waals surface area contributed by atoms with Crippen LogP contribution in [-0.4, -0.2) is 40.6 Å². The number of carbonyl (C=O) groups excluding carboxylic acids is 2. The van der Waals surface area contributed by atoms with Gasteiger partial charge in [0.05, 0.1) is 18.8 Å². The second-order valence-corrected chi connectivity index (χ2v) is 9.09. The number of amidine groups is 1. The van der Waals surface area contributed by atoms with Crippen LogP contribution in [0.15, 0.2) is 18.2 Å². The predicted octanol–water partition coefficient (Wildman–Crippen LogP) is 4.92. The number of hydrogen-bond acceptors (Lipinski definition) is 6. The topological polar surface area (TPSA) is 92.6 Å². The second kappa shape index (κ2) is 10.0. The average molecular weight is 518 g/mol. The summed E-state index contributed by atoms with van der Waals surface area (Å²) in [5.74, 6) is 0.948. The third kappa shape index (κ3) is 5.43. The van der Waals surface area contributed by atoms with Gasteiger partial charge in [0.2, 0.25) is 0 Å². The standard InChI is InChI=1S/C25H31N3O4.BrH/c1-8-31-23-14(2)18-12-28(24(26)22(18)27-15(23)3)13-20(30)17-9-10-21(32-16(4)29)19(11-17)25(5,6)7;/h9-11,26H,8,12-13H2,1-7H3;1H. The normalized spacial score (nSPS) is 12.8. The third-order valence-corrected chi connectivity index (χ3v) is 5.56. The van der Waals surface area contributed by atoms with Crippen molar-refractivity contribution in [3.05, 3.63) is 51.8 Å². The number of aromatic nitrogens is 1. The minimum Gasteiger partial charge on any atom is -0.492 e. The van der Waals surface area contributed by atoms with Crippen molar-refractivity contribution in [2.24, 2.45) is 0 Å². The Morgan fingerprint density at radius 1 is 1.21 bits per heavy atom. The Kier molecular flexibility index (Phi) is 8.06. The first kappa shape index (κ1) is 26.5. The summed E-state index contributed by atoms with van der Waals surface area (Å²) in [5.41, 5.74) is 4.24. The van der Waals surface area contributed by atoms with Gasteiger partial charge >= 0.3 is 5.97 Å². The second-order valence-electron chi connectivity index (χ2n) is 9.09. The maximum atomic E-state index is 13.1. The van der Waals surface area contributed by atoms with Crippen molar-refractivity contribution in [2.45, 2.75) is 60.4 Å². The van der Waals surface area contributed by atoms with E-state index in [-0.39, 0.29) is 40.6 Å². The molecule has 3 rings (SSSR count). The van der Waals surface area contributed by atoms with Crippen LogP contribution in [0.25, 0.3) is 0 Å². The van der Waals surface area contributed by atoms with E-state index >= 15 is 0 Å². The molecule has 0 atom stereocenters. The van der Waals surface area contributed by atoms with Crippen molar-refractivity contribution in [3.8, 4) is 11.5 Å². The molecule has 0 fully saturated rings. The number of aryl methyl sites for hydroxylation is 1. The molecule has 0 amide bonds. The molecule has 1 aromatic heterocycles. The van der Waals surface area contributed by atoms with E-state index in [0.29, 0.717) is 30.2 Å². The molecule has 33 heavy (non-hydrogen) atoms. The quantitative estimate of drug-likeness (QED) is 0.332. The van der Waals surface area contributed by atoms with E-state index in [2.05, 4.69) is 4.98 Å². The monoisotopic (exact) mass is 517 g/mol. The smallest absolute Gasteiger partial charge is 0.308 e. The summed E-state index contributed by atoms with van der Waals surface area (Å²) in [6.07, 6.45) is 0. The summed E-state index contributed by atoms with van der Waals surface area (Å²) >= 11 is 0. The van der Waals surface area contributed by atoms with E-state index in [0.717, 1.165) is 28.1 Å². The van der Waals surface area contributed by atoms with Crippen molar-refractivity contribution in [3.63, 3.8) is 0 Å². The van der Waals surface area contributed by atoms with E-state index in [1.54, 1.807) is 23.1 Å². The van der Waals surface area contributed by atoms with Crippen molar-refractivity contribution in [2.75, 3.05) is 13.2 Å². The number of ketones is 1. The van der Waals surface area contributed by atoms with Crippen molar-refractivity contribution in [1.82, 2.24) is 9.88 Å². The summed E-state index contributed by atoms with van der Waals surface area (Å²) in [6.45, 7) is 14.2. The summed E-state index contributed by atoms with van der Waals surface area (Å²) in [6, 6.07) is 5.13. The molecular formula is C25H32BrN3O4. The van der Waals surface area contributed by atoms with Crippen LogP contribution in [0.5, 0.6) is 11.5 Å². The maximum absolute atomic E-state index is 13.1. The molecule has 0 saturated heterocycles. The van der Waals surface area contributed by atoms with Gasteiger partial charge in [-0.1, -0.05) is 20.8 Å². The Morgan fingerprint density at radius 2 is 1.88 bits per heavy atom. The summed E-state index contributed by atoms with van der Waals surface area (Å²) in [4.78, 5) is 30.9. The van der Waals surface area contributed by atoms with Gasteiger partial charge in [0.1, 0.15) is 23.0 Å². The van der Waals surface area contributed by atoms with E-state index in [1.807, 2.05) is 41.5 Å². The van der Waals surface area contributed by atoms with Gasteiger partial charge < -0.3 is 14.4 Å². The van der Waals surface area contributed by atoms with E-state index in [9.17, 15) is 9.59 Å². The van der Waals surface area contributed by atoms with E-state index < -0.39 is 5.97 Å². The fourth-order valence-electron chi connectivity index (χ4n) is 3.97. The zero-order valence-electron chi connectivity index (χ0n) is 20.3. The van der Waals surface area contributed by atoms with Crippen molar-refractivity contribution < 1.29 is 19.1 Å². The molecule has 0 aliphatic carbocycles. The number of Topliss-reactive ketones (excluding diaryl/α,β-unsaturated/α-hetero) is 1. The number of nitrogens with zero attached hydrogens (tertiary/aromatic N) is 2. The highest BCUT2D eigenvalue weighted by Crippen LogP contribution is 2.34. The number of ether oxygens (including phenoxy) is 2. The highest BCUT2D eigenvalue weighted by Gasteiger charge is 2.31. The number of fused-ring (bicyclic) bond motifs is 1. The summed E-state index contributed by atoms with van der Waals surface area (Å²) < 4.78 is 11.1. The lowest BCUT2D eigenvalue weighted by Crippen LogP contribution is -2.30. The molecular weight excluding hydrogens is 486 g/mol. The van der Waals surface area contributed by atoms with Crippen molar-refractivity contribution >= 4 is 34.6 Å². The maximum Gasteiger partial charge on any atom is 0.308 e. The lowest BCUT2D eigenvalue weighted by Gasteiger charge is -2.23. The number of rotatable bonds is 6. The number of carbonyl (C=O) groups is 2. The van der Waals surface area contributed by atoms with Gasteiger partial charge in [0.25, 0.3) is 0 Å². The van der Waals surface area contributed by atoms with Gasteiger partial charge in [0.15, 0.2) is 5.78 Å². The van der Waals surface area contributed by atoms with Gasteiger partial charge in [-0.2, -0.15) is 0 Å². The van der Waals surface area contributed by atoms with Crippen LogP contribution >= 0.6 is 17.0 Å². The van der Waals surface area contributed by atoms with Crippen LogP contribution in [-0.2, 0) is 16.8 Å². The van der Waals surface area contributed by atoms with E-state index in [1.165, 1.54) is 6.92 Å². The minimum absolute atomic E-state index is 0. The molecule has 0 unspecified atom stereocenters. The number of nitrogens with one attached hydrogen (secondary N) is 1. The Bertz CT molecular complexity index is 1110. The molecule has 178 valence electrons. The van der Waals surface area contributed by atoms with Crippen LogP contribution in [0.3, 0.4) is 0 Å². The van der Waals surface area contributed by atoms with Gasteiger partial charge in [-0.25, -0.2) is 4.98 Å².